The van der Waals surface area contributed by atoms with E-state index in [0.717, 1.165) is 39.9 Å². The number of primary amides is 1. The number of nitrogens with zero attached hydrogens (tertiary/aromatic N) is 4. The van der Waals surface area contributed by atoms with Gasteiger partial charge in [-0.15, -0.1) is 0 Å². The molecule has 11 heteroatoms. The van der Waals surface area contributed by atoms with Gasteiger partial charge in [-0.1, -0.05) is 30.3 Å². The van der Waals surface area contributed by atoms with Gasteiger partial charge >= 0.3 is 0 Å². The van der Waals surface area contributed by atoms with Gasteiger partial charge in [-0.05, 0) is 60.4 Å². The van der Waals surface area contributed by atoms with Crippen LogP contribution in [0.25, 0.3) is 27.5 Å². The highest BCUT2D eigenvalue weighted by Crippen LogP contribution is 2.26. The maximum atomic E-state index is 13.1. The maximum absolute atomic E-state index is 13.1. The zero-order chi connectivity index (χ0) is 28.1. The molecule has 2 heterocycles. The number of aromatic nitrogens is 4. The Hall–Kier alpha value is -5.19. The number of imidazole rings is 2. The zero-order valence-electron chi connectivity index (χ0n) is 21.9. The fraction of sp³-hybridized carbons (Fsp3) is 0.207. The molecule has 204 valence electrons. The summed E-state index contributed by atoms with van der Waals surface area (Å²) in [6.45, 7) is 0.335. The number of hydrogen-bond acceptors (Lipinski definition) is 5. The molecular formula is C29H31N9O2. The van der Waals surface area contributed by atoms with E-state index in [1.54, 1.807) is 24.7 Å². The van der Waals surface area contributed by atoms with Crippen LogP contribution in [0.3, 0.4) is 0 Å². The number of rotatable bonds is 11. The summed E-state index contributed by atoms with van der Waals surface area (Å²) in [7, 11) is 0. The van der Waals surface area contributed by atoms with Crippen LogP contribution in [0.4, 0.5) is 0 Å². The Labute approximate surface area is 230 Å². The summed E-state index contributed by atoms with van der Waals surface area (Å²) in [5.41, 5.74) is 20.1. The number of hydrogen-bond donors (Lipinski definition) is 5. The molecule has 0 aliphatic carbocycles. The number of fused-ring (bicyclic) bond motifs is 2. The summed E-state index contributed by atoms with van der Waals surface area (Å²) in [4.78, 5) is 41.2. The van der Waals surface area contributed by atoms with Gasteiger partial charge in [0.15, 0.2) is 5.96 Å². The van der Waals surface area contributed by atoms with Crippen LogP contribution in [-0.2, 0) is 17.6 Å². The van der Waals surface area contributed by atoms with Crippen LogP contribution in [0.5, 0.6) is 0 Å². The van der Waals surface area contributed by atoms with E-state index in [9.17, 15) is 9.59 Å². The molecule has 0 aliphatic rings. The average molecular weight is 538 g/mol. The molecule has 2 amide bonds. The van der Waals surface area contributed by atoms with Gasteiger partial charge in [0, 0.05) is 36.1 Å². The topological polar surface area (TPSA) is 183 Å². The second-order valence-corrected chi connectivity index (χ2v) is 9.55. The number of aliphatic imine (C=N–C) groups is 1. The normalized spacial score (nSPS) is 11.9. The summed E-state index contributed by atoms with van der Waals surface area (Å²) in [5, 5.41) is 5.00. The fourth-order valence-corrected chi connectivity index (χ4v) is 4.74. The van der Waals surface area contributed by atoms with Gasteiger partial charge in [-0.3, -0.25) is 19.1 Å². The molecule has 40 heavy (non-hydrogen) atoms. The van der Waals surface area contributed by atoms with Crippen LogP contribution in [0, 0.1) is 0 Å². The standard InChI is InChI=1S/C29H31N9O2/c30-27(39)23(6-3-13-34-29(31)32)37-28(40)20-8-11-25-24(15-20)36-26(12-9-21-16-33-17-35-21)38(25)22-10-7-18-4-1-2-5-19(18)14-22/h1-2,4-5,7-8,10-11,14-17,23H,3,6,9,12-13H2,(H2,30,39)(H,33,35)(H,37,40)(H4,31,32,34)/t23-/m0/s1. The molecule has 0 aliphatic heterocycles. The predicted octanol–water partition coefficient (Wildman–Crippen LogP) is 2.32. The third-order valence-corrected chi connectivity index (χ3v) is 6.74. The van der Waals surface area contributed by atoms with Crippen molar-refractivity contribution in [3.05, 3.63) is 90.3 Å². The minimum absolute atomic E-state index is 0.0278. The van der Waals surface area contributed by atoms with Crippen molar-refractivity contribution in [1.82, 2.24) is 24.8 Å². The lowest BCUT2D eigenvalue weighted by Crippen LogP contribution is -2.44. The molecule has 8 N–H and O–H groups in total. The van der Waals surface area contributed by atoms with Crippen molar-refractivity contribution in [2.75, 3.05) is 6.54 Å². The Bertz CT molecular complexity index is 1680. The van der Waals surface area contributed by atoms with E-state index in [-0.39, 0.29) is 5.96 Å². The summed E-state index contributed by atoms with van der Waals surface area (Å²) in [6.07, 6.45) is 5.65. The Morgan fingerprint density at radius 1 is 1.00 bits per heavy atom. The molecule has 5 rings (SSSR count). The number of guanidine groups is 1. The molecule has 0 spiro atoms. The first-order valence-corrected chi connectivity index (χ1v) is 13.0. The second-order valence-electron chi connectivity index (χ2n) is 9.55. The highest BCUT2D eigenvalue weighted by molar-refractivity contribution is 6.00. The molecule has 0 radical (unpaired) electrons. The van der Waals surface area contributed by atoms with Crippen molar-refractivity contribution in [3.63, 3.8) is 0 Å². The van der Waals surface area contributed by atoms with Gasteiger partial charge in [0.25, 0.3) is 5.91 Å². The van der Waals surface area contributed by atoms with E-state index in [1.807, 2.05) is 18.2 Å². The third kappa shape index (κ3) is 5.93. The molecular weight excluding hydrogens is 506 g/mol. The van der Waals surface area contributed by atoms with E-state index in [2.05, 4.69) is 55.2 Å². The first-order valence-electron chi connectivity index (χ1n) is 13.0. The van der Waals surface area contributed by atoms with Gasteiger partial charge in [0.2, 0.25) is 5.91 Å². The lowest BCUT2D eigenvalue weighted by molar-refractivity contribution is -0.120. The molecule has 11 nitrogen and oxygen atoms in total. The smallest absolute Gasteiger partial charge is 0.252 e. The molecule has 0 saturated heterocycles. The van der Waals surface area contributed by atoms with E-state index in [0.29, 0.717) is 36.9 Å². The molecule has 0 saturated carbocycles. The minimum atomic E-state index is -0.850. The summed E-state index contributed by atoms with van der Waals surface area (Å²) in [5.74, 6) is -0.209. The summed E-state index contributed by atoms with van der Waals surface area (Å²) >= 11 is 0. The molecule has 0 unspecified atom stereocenters. The number of aromatic amines is 1. The van der Waals surface area contributed by atoms with Gasteiger partial charge in [0.1, 0.15) is 11.9 Å². The van der Waals surface area contributed by atoms with Crippen LogP contribution < -0.4 is 22.5 Å². The quantitative estimate of drug-likeness (QED) is 0.0978. The number of amides is 2. The molecule has 5 aromatic rings. The largest absolute Gasteiger partial charge is 0.370 e. The lowest BCUT2D eigenvalue weighted by Gasteiger charge is -2.15. The number of aryl methyl sites for hydroxylation is 2. The zero-order valence-corrected chi connectivity index (χ0v) is 21.9. The van der Waals surface area contributed by atoms with E-state index in [4.69, 9.17) is 22.2 Å². The van der Waals surface area contributed by atoms with Crippen LogP contribution in [0.1, 0.15) is 34.7 Å². The number of H-pyrrole nitrogens is 1. The van der Waals surface area contributed by atoms with E-state index < -0.39 is 17.9 Å². The van der Waals surface area contributed by atoms with Crippen molar-refractivity contribution >= 4 is 39.6 Å². The Balaban J connectivity index is 1.45. The Kier molecular flexibility index (Phi) is 7.72. The molecule has 3 aromatic carbocycles. The fourth-order valence-electron chi connectivity index (χ4n) is 4.74. The van der Waals surface area contributed by atoms with E-state index >= 15 is 0 Å². The second kappa shape index (κ2) is 11.7. The van der Waals surface area contributed by atoms with Crippen molar-refractivity contribution in [2.45, 2.75) is 31.7 Å². The summed E-state index contributed by atoms with van der Waals surface area (Å²) < 4.78 is 2.12. The van der Waals surface area contributed by atoms with Gasteiger partial charge in [-0.25, -0.2) is 9.97 Å². The lowest BCUT2D eigenvalue weighted by atomic mass is 10.1. The van der Waals surface area contributed by atoms with Crippen molar-refractivity contribution in [1.29, 1.82) is 0 Å². The monoisotopic (exact) mass is 537 g/mol. The Morgan fingerprint density at radius 2 is 1.82 bits per heavy atom. The number of carbonyl (C=O) groups excluding carboxylic acids is 2. The molecule has 0 bridgehead atoms. The Morgan fingerprint density at radius 3 is 2.58 bits per heavy atom. The van der Waals surface area contributed by atoms with Crippen LogP contribution >= 0.6 is 0 Å². The molecule has 2 aromatic heterocycles. The first kappa shape index (κ1) is 26.4. The number of benzene rings is 3. The third-order valence-electron chi connectivity index (χ3n) is 6.74. The first-order chi connectivity index (χ1) is 19.4. The van der Waals surface area contributed by atoms with Crippen LogP contribution in [0.15, 0.2) is 78.2 Å². The SMILES string of the molecule is NC(=O)[C@H](CCCN=C(N)N)NC(=O)c1ccc2c(c1)nc(CCc1cnc[nH]1)n2-c1ccc2ccccc2c1. The minimum Gasteiger partial charge on any atom is -0.370 e. The number of nitrogens with one attached hydrogen (secondary N) is 2. The average Bonchev–Trinajstić information content (AvgIpc) is 3.60. The van der Waals surface area contributed by atoms with Crippen molar-refractivity contribution in [3.8, 4) is 5.69 Å². The van der Waals surface area contributed by atoms with E-state index in [1.165, 1.54) is 0 Å². The number of nitrogens with two attached hydrogens (primary N) is 3. The van der Waals surface area contributed by atoms with Crippen LogP contribution in [-0.4, -0.2) is 49.9 Å². The summed E-state index contributed by atoms with van der Waals surface area (Å²) in [6, 6.07) is 19.0. The molecule has 0 fully saturated rings. The van der Waals surface area contributed by atoms with Crippen LogP contribution in [0.2, 0.25) is 0 Å². The van der Waals surface area contributed by atoms with Gasteiger partial charge < -0.3 is 27.5 Å². The maximum Gasteiger partial charge on any atom is 0.252 e. The highest BCUT2D eigenvalue weighted by atomic mass is 16.2. The van der Waals surface area contributed by atoms with Gasteiger partial charge in [-0.2, -0.15) is 0 Å². The molecule has 1 atom stereocenters. The highest BCUT2D eigenvalue weighted by Gasteiger charge is 2.20. The van der Waals surface area contributed by atoms with Crippen molar-refractivity contribution in [2.24, 2.45) is 22.2 Å². The predicted molar refractivity (Wildman–Crippen MR) is 155 cm³/mol. The number of carbonyl (C=O) groups is 2. The van der Waals surface area contributed by atoms with Gasteiger partial charge in [0.05, 0.1) is 17.4 Å². The van der Waals surface area contributed by atoms with Crippen molar-refractivity contribution < 1.29 is 9.59 Å².